The molecule has 0 fully saturated rings. The van der Waals surface area contributed by atoms with E-state index in [2.05, 4.69) is 4.98 Å². The minimum atomic E-state index is -2.23. The highest BCUT2D eigenvalue weighted by Crippen LogP contribution is 2.59. The first-order chi connectivity index (χ1) is 22.5. The van der Waals surface area contributed by atoms with E-state index in [4.69, 9.17) is 4.74 Å². The number of carbonyl (C=O) groups excluding carboxylic acids is 4. The lowest BCUT2D eigenvalue weighted by atomic mass is 9.75. The minimum absolute atomic E-state index is 0.0159. The average molecular weight is 634 g/mol. The molecule has 1 heterocycles. The molecule has 4 N–H and O–H groups in total. The number of H-pyrrole nitrogens is 1. The van der Waals surface area contributed by atoms with E-state index in [1.165, 1.54) is 24.3 Å². The normalized spacial score (nSPS) is 18.5. The quantitative estimate of drug-likeness (QED) is 0.134. The van der Waals surface area contributed by atoms with Gasteiger partial charge in [0, 0.05) is 22.7 Å². The Kier molecular flexibility index (Phi) is 6.43. The molecule has 0 saturated heterocycles. The van der Waals surface area contributed by atoms with Crippen molar-refractivity contribution >= 4 is 40.0 Å². The maximum atomic E-state index is 14.5. The third-order valence-corrected chi connectivity index (χ3v) is 9.15. The largest absolute Gasteiger partial charge is 0.507 e. The van der Waals surface area contributed by atoms with Crippen molar-refractivity contribution in [2.45, 2.75) is 25.2 Å². The maximum Gasteiger partial charge on any atom is 0.260 e. The number of Topliss-reactive ketones (excluding diaryl/α,β-unsaturated/α-hetero) is 3. The Bertz CT molecular complexity index is 2330. The van der Waals surface area contributed by atoms with E-state index in [1.54, 1.807) is 30.4 Å². The number of aromatic amines is 1. The van der Waals surface area contributed by atoms with Gasteiger partial charge in [0.1, 0.15) is 28.5 Å². The summed E-state index contributed by atoms with van der Waals surface area (Å²) in [5.41, 5.74) is -4.36. The fraction of sp³-hybridized carbons (Fsp3) is 0.139. The zero-order valence-electron chi connectivity index (χ0n) is 24.9. The predicted octanol–water partition coefficient (Wildman–Crippen LogP) is 5.21. The number of methoxy groups -OCH3 is 1. The lowest BCUT2D eigenvalue weighted by Crippen LogP contribution is -2.36. The molecule has 1 aromatic heterocycles. The number of halogens is 1. The third-order valence-electron chi connectivity index (χ3n) is 9.15. The van der Waals surface area contributed by atoms with Crippen LogP contribution in [0.5, 0.6) is 17.2 Å². The molecular formula is C36H24FNO9. The molecule has 1 spiro atoms. The number of pyridine rings is 1. The summed E-state index contributed by atoms with van der Waals surface area (Å²) >= 11 is 0. The summed E-state index contributed by atoms with van der Waals surface area (Å²) in [4.78, 5) is 71.3. The van der Waals surface area contributed by atoms with Crippen LogP contribution in [0.3, 0.4) is 0 Å². The molecule has 11 heteroatoms. The SMILES string of the molecule is CC=CC=Cc1cc2c(-c3ccc(F)cc3)c3c(c(O)c2c(=O)[nH]1)[C@@]1(CC3)C(=O)c2c(O)c3c(c(O)c2C1=O)C(=O)C(OC)=CC3=O. The van der Waals surface area contributed by atoms with Gasteiger partial charge < -0.3 is 25.0 Å². The summed E-state index contributed by atoms with van der Waals surface area (Å²) < 4.78 is 19.0. The fourth-order valence-electron chi connectivity index (χ4n) is 7.16. The molecule has 0 bridgehead atoms. The Labute approximate surface area is 264 Å². The Morgan fingerprint density at radius 2 is 1.53 bits per heavy atom. The number of nitrogens with one attached hydrogen (secondary N) is 1. The molecule has 1 atom stereocenters. The summed E-state index contributed by atoms with van der Waals surface area (Å²) in [5, 5.41) is 34.5. The van der Waals surface area contributed by atoms with Gasteiger partial charge in [-0.3, -0.25) is 24.0 Å². The molecule has 0 radical (unpaired) electrons. The molecule has 234 valence electrons. The maximum absolute atomic E-state index is 14.5. The smallest absolute Gasteiger partial charge is 0.260 e. The van der Waals surface area contributed by atoms with Crippen LogP contribution in [-0.2, 0) is 16.6 Å². The summed E-state index contributed by atoms with van der Waals surface area (Å²) in [6, 6.07) is 6.99. The number of allylic oxidation sites excluding steroid dienone is 5. The number of hydrogen-bond donors (Lipinski definition) is 4. The van der Waals surface area contributed by atoms with Crippen molar-refractivity contribution in [3.63, 3.8) is 0 Å². The molecular weight excluding hydrogens is 609 g/mol. The number of benzene rings is 3. The van der Waals surface area contributed by atoms with Crippen LogP contribution in [0.2, 0.25) is 0 Å². The van der Waals surface area contributed by atoms with Crippen LogP contribution in [0, 0.1) is 5.82 Å². The van der Waals surface area contributed by atoms with E-state index in [9.17, 15) is 43.7 Å². The van der Waals surface area contributed by atoms with Gasteiger partial charge in [0.05, 0.1) is 34.7 Å². The van der Waals surface area contributed by atoms with Gasteiger partial charge in [0.2, 0.25) is 5.78 Å². The van der Waals surface area contributed by atoms with Crippen molar-refractivity contribution in [2.75, 3.05) is 7.11 Å². The van der Waals surface area contributed by atoms with E-state index in [-0.39, 0.29) is 29.2 Å². The highest BCUT2D eigenvalue weighted by Gasteiger charge is 2.62. The minimum Gasteiger partial charge on any atom is -0.507 e. The van der Waals surface area contributed by atoms with Crippen LogP contribution in [0.15, 0.2) is 65.2 Å². The molecule has 0 amide bonds. The predicted molar refractivity (Wildman–Crippen MR) is 168 cm³/mol. The van der Waals surface area contributed by atoms with E-state index in [0.29, 0.717) is 22.4 Å². The van der Waals surface area contributed by atoms with Gasteiger partial charge in [0.25, 0.3) is 5.56 Å². The van der Waals surface area contributed by atoms with Gasteiger partial charge in [-0.2, -0.15) is 0 Å². The first kappa shape index (κ1) is 29.6. The number of carbonyl (C=O) groups is 4. The van der Waals surface area contributed by atoms with E-state index in [1.807, 2.05) is 6.92 Å². The summed E-state index contributed by atoms with van der Waals surface area (Å²) in [5.74, 6) is -7.53. The van der Waals surface area contributed by atoms with Gasteiger partial charge in [0.15, 0.2) is 23.1 Å². The number of ketones is 4. The molecule has 47 heavy (non-hydrogen) atoms. The number of aromatic nitrogens is 1. The molecule has 4 aromatic rings. The number of hydrogen-bond acceptors (Lipinski definition) is 9. The Morgan fingerprint density at radius 1 is 0.872 bits per heavy atom. The van der Waals surface area contributed by atoms with E-state index < -0.39 is 85.2 Å². The summed E-state index contributed by atoms with van der Waals surface area (Å²) in [6.07, 6.45) is 7.45. The van der Waals surface area contributed by atoms with Crippen LogP contribution >= 0.6 is 0 Å². The fourth-order valence-corrected chi connectivity index (χ4v) is 7.16. The molecule has 0 aliphatic heterocycles. The zero-order chi connectivity index (χ0) is 33.5. The van der Waals surface area contributed by atoms with Crippen molar-refractivity contribution in [3.05, 3.63) is 116 Å². The van der Waals surface area contributed by atoms with Crippen LogP contribution in [0.4, 0.5) is 4.39 Å². The van der Waals surface area contributed by atoms with Crippen LogP contribution in [0.1, 0.15) is 71.6 Å². The summed E-state index contributed by atoms with van der Waals surface area (Å²) in [7, 11) is 1.13. The Hall–Kier alpha value is -6.10. The Balaban J connectivity index is 1.55. The van der Waals surface area contributed by atoms with Crippen molar-refractivity contribution in [3.8, 4) is 28.4 Å². The average Bonchev–Trinajstić information content (AvgIpc) is 3.54. The molecule has 10 nitrogen and oxygen atoms in total. The topological polar surface area (TPSA) is 171 Å². The zero-order valence-corrected chi connectivity index (χ0v) is 24.9. The first-order valence-electron chi connectivity index (χ1n) is 14.5. The van der Waals surface area contributed by atoms with Crippen molar-refractivity contribution in [2.24, 2.45) is 0 Å². The highest BCUT2D eigenvalue weighted by atomic mass is 19.1. The second kappa shape index (κ2) is 10.2. The van der Waals surface area contributed by atoms with Gasteiger partial charge in [-0.25, -0.2) is 4.39 Å². The number of fused-ring (bicyclic) bond motifs is 5. The van der Waals surface area contributed by atoms with E-state index in [0.717, 1.165) is 13.2 Å². The van der Waals surface area contributed by atoms with Gasteiger partial charge >= 0.3 is 0 Å². The molecule has 0 saturated carbocycles. The second-order valence-electron chi connectivity index (χ2n) is 11.5. The van der Waals surface area contributed by atoms with Crippen LogP contribution in [0.25, 0.3) is 28.0 Å². The number of ether oxygens (including phenoxy) is 1. The lowest BCUT2D eigenvalue weighted by molar-refractivity contribution is 0.0790. The number of rotatable bonds is 4. The molecule has 7 rings (SSSR count). The second-order valence-corrected chi connectivity index (χ2v) is 11.5. The molecule has 3 aliphatic rings. The van der Waals surface area contributed by atoms with E-state index >= 15 is 0 Å². The van der Waals surface area contributed by atoms with Crippen molar-refractivity contribution in [1.82, 2.24) is 4.98 Å². The van der Waals surface area contributed by atoms with Crippen LogP contribution in [-0.4, -0.2) is 50.5 Å². The first-order valence-corrected chi connectivity index (χ1v) is 14.5. The number of aromatic hydroxyl groups is 3. The standard InChI is InChI=1S/C36H24FNO9/c1-3-4-5-6-17-13-19-22(15-7-9-16(37)10-8-15)18-11-12-36(28(18)32(43)23(19)35(46)38-17)33(44)26-27(34(36)45)31(42)25-24(30(26)41)20(39)14-21(47-2)29(25)40/h3-10,13-14,41-43H,11-12H2,1-2H3,(H,38,46)/t36-/m0/s1. The van der Waals surface area contributed by atoms with Gasteiger partial charge in [-0.05, 0) is 60.7 Å². The highest BCUT2D eigenvalue weighted by molar-refractivity contribution is 6.39. The van der Waals surface area contributed by atoms with Crippen LogP contribution < -0.4 is 5.56 Å². The number of phenolic OH excluding ortho intramolecular Hbond substituents is 3. The van der Waals surface area contributed by atoms with Gasteiger partial charge in [-0.1, -0.05) is 30.4 Å². The van der Waals surface area contributed by atoms with Crippen molar-refractivity contribution in [1.29, 1.82) is 0 Å². The lowest BCUT2D eigenvalue weighted by Gasteiger charge is -2.24. The molecule has 3 aliphatic carbocycles. The van der Waals surface area contributed by atoms with Crippen molar-refractivity contribution < 1.29 is 43.6 Å². The third kappa shape index (κ3) is 3.79. The Morgan fingerprint density at radius 3 is 2.17 bits per heavy atom. The molecule has 0 unspecified atom stereocenters. The number of phenols is 3. The summed E-state index contributed by atoms with van der Waals surface area (Å²) in [6.45, 7) is 1.82. The molecule has 3 aromatic carbocycles. The van der Waals surface area contributed by atoms with Gasteiger partial charge in [-0.15, -0.1) is 0 Å². The monoisotopic (exact) mass is 633 g/mol.